The first-order valence-corrected chi connectivity index (χ1v) is 4.51. The van der Waals surface area contributed by atoms with E-state index in [1.165, 1.54) is 0 Å². The normalized spacial score (nSPS) is 21.4. The molecule has 0 amide bonds. The van der Waals surface area contributed by atoms with Crippen LogP contribution in [0.15, 0.2) is 17.5 Å². The first-order chi connectivity index (χ1) is 6.29. The summed E-state index contributed by atoms with van der Waals surface area (Å²) in [6.45, 7) is 2.10. The molecule has 0 saturated heterocycles. The molecule has 1 atom stereocenters. The molecular weight excluding hydrogens is 166 g/mol. The molecule has 1 unspecified atom stereocenters. The van der Waals surface area contributed by atoms with E-state index in [9.17, 15) is 0 Å². The van der Waals surface area contributed by atoms with E-state index in [-0.39, 0.29) is 6.10 Å². The number of hydrogen-bond acceptors (Lipinski definition) is 3. The minimum absolute atomic E-state index is 0.259. The average molecular weight is 179 g/mol. The number of rotatable bonds is 2. The first-order valence-electron chi connectivity index (χ1n) is 4.51. The summed E-state index contributed by atoms with van der Waals surface area (Å²) in [7, 11) is 1.90. The van der Waals surface area contributed by atoms with Crippen LogP contribution in [0.3, 0.4) is 0 Å². The van der Waals surface area contributed by atoms with Crippen LogP contribution in [0.1, 0.15) is 25.3 Å². The number of nitrogens with zero attached hydrogens (tertiary/aromatic N) is 3. The molecule has 70 valence electrons. The van der Waals surface area contributed by atoms with Crippen LogP contribution in [0.4, 0.5) is 0 Å². The van der Waals surface area contributed by atoms with E-state index in [2.05, 4.69) is 17.2 Å². The number of aromatic nitrogens is 2. The van der Waals surface area contributed by atoms with E-state index in [4.69, 9.17) is 4.84 Å². The maximum Gasteiger partial charge on any atom is 0.133 e. The minimum atomic E-state index is 0.259. The summed E-state index contributed by atoms with van der Waals surface area (Å²) in [6, 6.07) is 0. The van der Waals surface area contributed by atoms with Crippen LogP contribution >= 0.6 is 0 Å². The summed E-state index contributed by atoms with van der Waals surface area (Å²) in [4.78, 5) is 5.23. The minimum Gasteiger partial charge on any atom is -0.392 e. The van der Waals surface area contributed by atoms with E-state index < -0.39 is 0 Å². The van der Waals surface area contributed by atoms with Crippen molar-refractivity contribution in [1.29, 1.82) is 0 Å². The van der Waals surface area contributed by atoms with Crippen LogP contribution < -0.4 is 0 Å². The van der Waals surface area contributed by atoms with Crippen LogP contribution in [0.2, 0.25) is 0 Å². The molecule has 0 radical (unpaired) electrons. The van der Waals surface area contributed by atoms with Gasteiger partial charge in [0.25, 0.3) is 0 Å². The number of hydrogen-bond donors (Lipinski definition) is 0. The Balaban J connectivity index is 2.12. The second kappa shape index (κ2) is 3.20. The van der Waals surface area contributed by atoms with Gasteiger partial charge in [0.2, 0.25) is 0 Å². The van der Waals surface area contributed by atoms with Crippen LogP contribution in [-0.4, -0.2) is 21.6 Å². The standard InChI is InChI=1S/C9H13N3O/c1-3-8-4-9(11-13-8)7-5-10-12(2)6-7/h5-6,8H,3-4H2,1-2H3. The van der Waals surface area contributed by atoms with Gasteiger partial charge in [0, 0.05) is 25.2 Å². The van der Waals surface area contributed by atoms with Crippen LogP contribution in [-0.2, 0) is 11.9 Å². The summed E-state index contributed by atoms with van der Waals surface area (Å²) in [5.41, 5.74) is 2.08. The predicted molar refractivity (Wildman–Crippen MR) is 49.5 cm³/mol. The second-order valence-corrected chi connectivity index (χ2v) is 3.28. The van der Waals surface area contributed by atoms with Crippen molar-refractivity contribution < 1.29 is 4.84 Å². The molecule has 4 nitrogen and oxygen atoms in total. The van der Waals surface area contributed by atoms with Crippen molar-refractivity contribution in [3.63, 3.8) is 0 Å². The molecule has 0 bridgehead atoms. The molecule has 13 heavy (non-hydrogen) atoms. The molecule has 1 aromatic heterocycles. The van der Waals surface area contributed by atoms with Crippen molar-refractivity contribution >= 4 is 5.71 Å². The van der Waals surface area contributed by atoms with Crippen molar-refractivity contribution in [2.75, 3.05) is 0 Å². The highest BCUT2D eigenvalue weighted by Crippen LogP contribution is 2.17. The van der Waals surface area contributed by atoms with E-state index in [0.29, 0.717) is 0 Å². The zero-order chi connectivity index (χ0) is 9.26. The van der Waals surface area contributed by atoms with Gasteiger partial charge in [0.1, 0.15) is 6.10 Å². The molecule has 2 heterocycles. The molecule has 0 spiro atoms. The van der Waals surface area contributed by atoms with Gasteiger partial charge in [-0.15, -0.1) is 0 Å². The third-order valence-electron chi connectivity index (χ3n) is 2.23. The molecule has 4 heteroatoms. The molecule has 1 aromatic rings. The Morgan fingerprint density at radius 3 is 3.08 bits per heavy atom. The SMILES string of the molecule is CCC1CC(c2cnn(C)c2)=NO1. The third kappa shape index (κ3) is 1.56. The topological polar surface area (TPSA) is 39.4 Å². The lowest BCUT2D eigenvalue weighted by atomic mass is 10.1. The Bertz CT molecular complexity index is 329. The van der Waals surface area contributed by atoms with Crippen LogP contribution in [0.25, 0.3) is 0 Å². The third-order valence-corrected chi connectivity index (χ3v) is 2.23. The Morgan fingerprint density at radius 2 is 2.54 bits per heavy atom. The average Bonchev–Trinajstić information content (AvgIpc) is 2.71. The smallest absolute Gasteiger partial charge is 0.133 e. The molecule has 0 saturated carbocycles. The lowest BCUT2D eigenvalue weighted by Crippen LogP contribution is -2.05. The summed E-state index contributed by atoms with van der Waals surface area (Å²) in [5.74, 6) is 0. The van der Waals surface area contributed by atoms with Gasteiger partial charge >= 0.3 is 0 Å². The fourth-order valence-corrected chi connectivity index (χ4v) is 1.39. The fraction of sp³-hybridized carbons (Fsp3) is 0.556. The Hall–Kier alpha value is -1.32. The summed E-state index contributed by atoms with van der Waals surface area (Å²) in [6.07, 6.45) is 5.95. The molecule has 1 aliphatic rings. The number of oxime groups is 1. The number of aryl methyl sites for hydroxylation is 1. The molecular formula is C9H13N3O. The zero-order valence-electron chi connectivity index (χ0n) is 7.90. The van der Waals surface area contributed by atoms with Gasteiger partial charge in [-0.3, -0.25) is 4.68 Å². The highest BCUT2D eigenvalue weighted by atomic mass is 16.6. The summed E-state index contributed by atoms with van der Waals surface area (Å²) >= 11 is 0. The van der Waals surface area contributed by atoms with Gasteiger partial charge in [-0.05, 0) is 6.42 Å². The van der Waals surface area contributed by atoms with E-state index in [1.54, 1.807) is 4.68 Å². The van der Waals surface area contributed by atoms with E-state index in [0.717, 1.165) is 24.1 Å². The van der Waals surface area contributed by atoms with Gasteiger partial charge in [0.15, 0.2) is 0 Å². The van der Waals surface area contributed by atoms with E-state index in [1.807, 2.05) is 19.4 Å². The van der Waals surface area contributed by atoms with Crippen molar-refractivity contribution in [2.24, 2.45) is 12.2 Å². The van der Waals surface area contributed by atoms with Crippen LogP contribution in [0, 0.1) is 0 Å². The van der Waals surface area contributed by atoms with Crippen molar-refractivity contribution in [3.05, 3.63) is 18.0 Å². The Kier molecular flexibility index (Phi) is 2.04. The first kappa shape index (κ1) is 8.29. The molecule has 0 N–H and O–H groups in total. The molecule has 0 aliphatic carbocycles. The largest absolute Gasteiger partial charge is 0.392 e. The summed E-state index contributed by atoms with van der Waals surface area (Å²) in [5, 5.41) is 8.13. The van der Waals surface area contributed by atoms with Gasteiger partial charge in [-0.1, -0.05) is 12.1 Å². The Labute approximate surface area is 77.2 Å². The fourth-order valence-electron chi connectivity index (χ4n) is 1.39. The second-order valence-electron chi connectivity index (χ2n) is 3.28. The molecule has 0 fully saturated rings. The predicted octanol–water partition coefficient (Wildman–Crippen LogP) is 1.32. The van der Waals surface area contributed by atoms with E-state index >= 15 is 0 Å². The summed E-state index contributed by atoms with van der Waals surface area (Å²) < 4.78 is 1.77. The maximum absolute atomic E-state index is 5.23. The van der Waals surface area contributed by atoms with Gasteiger partial charge in [-0.2, -0.15) is 5.10 Å². The molecule has 2 rings (SSSR count). The van der Waals surface area contributed by atoms with Crippen molar-refractivity contribution in [3.8, 4) is 0 Å². The quantitative estimate of drug-likeness (QED) is 0.687. The monoisotopic (exact) mass is 179 g/mol. The van der Waals surface area contributed by atoms with Gasteiger partial charge in [0.05, 0.1) is 11.9 Å². The van der Waals surface area contributed by atoms with Crippen molar-refractivity contribution in [1.82, 2.24) is 9.78 Å². The van der Waals surface area contributed by atoms with Gasteiger partial charge < -0.3 is 4.84 Å². The zero-order valence-corrected chi connectivity index (χ0v) is 7.90. The molecule has 0 aromatic carbocycles. The highest BCUT2D eigenvalue weighted by Gasteiger charge is 2.20. The van der Waals surface area contributed by atoms with Crippen molar-refractivity contribution in [2.45, 2.75) is 25.9 Å². The lowest BCUT2D eigenvalue weighted by Gasteiger charge is -2.00. The van der Waals surface area contributed by atoms with Crippen LogP contribution in [0.5, 0.6) is 0 Å². The Morgan fingerprint density at radius 1 is 1.69 bits per heavy atom. The molecule has 1 aliphatic heterocycles. The maximum atomic E-state index is 5.23. The highest BCUT2D eigenvalue weighted by molar-refractivity contribution is 6.00. The van der Waals surface area contributed by atoms with Gasteiger partial charge in [-0.25, -0.2) is 0 Å². The lowest BCUT2D eigenvalue weighted by molar-refractivity contribution is 0.0829.